The molecule has 6 nitrogen and oxygen atoms in total. The van der Waals surface area contributed by atoms with Crippen molar-refractivity contribution in [3.8, 4) is 0 Å². The molecule has 0 aromatic carbocycles. The molecule has 0 aliphatic heterocycles. The van der Waals surface area contributed by atoms with E-state index in [1.807, 2.05) is 0 Å². The zero-order valence-corrected chi connectivity index (χ0v) is 11.0. The van der Waals surface area contributed by atoms with Gasteiger partial charge in [0, 0.05) is 0 Å². The summed E-state index contributed by atoms with van der Waals surface area (Å²) in [5, 5.41) is 0.957. The number of nitroso groups, excluding NO2 is 1. The van der Waals surface area contributed by atoms with Crippen molar-refractivity contribution in [2.75, 3.05) is 13.2 Å². The summed E-state index contributed by atoms with van der Waals surface area (Å²) >= 11 is 0. The molecule has 0 atom stereocenters. The Morgan fingerprint density at radius 2 is 1.30 bits per heavy atom. The maximum absolute atomic E-state index is 12.5. The van der Waals surface area contributed by atoms with Gasteiger partial charge < -0.3 is 0 Å². The molecule has 20 heavy (non-hydrogen) atoms. The molecule has 0 aliphatic rings. The fraction of sp³-hybridized carbons (Fsp3) is 1.00. The van der Waals surface area contributed by atoms with Crippen molar-refractivity contribution >= 4 is 7.82 Å². The van der Waals surface area contributed by atoms with Crippen LogP contribution in [0.1, 0.15) is 13.8 Å². The van der Waals surface area contributed by atoms with E-state index >= 15 is 0 Å². The first-order valence-electron chi connectivity index (χ1n) is 4.97. The lowest BCUT2D eigenvalue weighted by atomic mass is 10.2. The molecule has 0 spiro atoms. The van der Waals surface area contributed by atoms with E-state index in [1.54, 1.807) is 0 Å². The van der Waals surface area contributed by atoms with Crippen LogP contribution >= 0.6 is 7.82 Å². The normalized spacial score (nSPS) is 14.4. The summed E-state index contributed by atoms with van der Waals surface area (Å²) in [6.45, 7) is 1.07. The lowest BCUT2D eigenvalue weighted by Crippen LogP contribution is -2.56. The molecule has 0 bridgehead atoms. The minimum Gasteiger partial charge on any atom is -0.287 e. The van der Waals surface area contributed by atoms with Crippen LogP contribution in [0.5, 0.6) is 0 Å². The Labute approximate surface area is 109 Å². The summed E-state index contributed by atoms with van der Waals surface area (Å²) in [7, 11) is -5.28. The molecule has 0 aromatic rings. The molecule has 0 saturated carbocycles. The number of halogens is 6. The molecule has 0 aromatic heterocycles. The Morgan fingerprint density at radius 3 is 1.50 bits per heavy atom. The van der Waals surface area contributed by atoms with Crippen LogP contribution in [0.2, 0.25) is 0 Å². The second-order valence-corrected chi connectivity index (χ2v) is 4.70. The fourth-order valence-electron chi connectivity index (χ4n) is 0.952. The molecule has 0 unspecified atom stereocenters. The van der Waals surface area contributed by atoms with Crippen LogP contribution in [0.4, 0.5) is 26.3 Å². The Morgan fingerprint density at radius 1 is 0.950 bits per heavy atom. The first-order chi connectivity index (χ1) is 8.89. The van der Waals surface area contributed by atoms with Gasteiger partial charge in [-0.2, -0.15) is 26.3 Å². The van der Waals surface area contributed by atoms with Gasteiger partial charge in [-0.25, -0.2) is 9.09 Å². The number of phosphoric ester groups is 1. The Hall–Kier alpha value is -0.710. The van der Waals surface area contributed by atoms with Crippen molar-refractivity contribution in [3.63, 3.8) is 0 Å². The van der Waals surface area contributed by atoms with Crippen molar-refractivity contribution in [1.29, 1.82) is 0 Å². The summed E-state index contributed by atoms with van der Waals surface area (Å²) in [4.78, 5) is 10.2. The molecule has 0 heterocycles. The van der Waals surface area contributed by atoms with Crippen molar-refractivity contribution in [1.82, 2.24) is 0 Å². The molecular weight excluding hydrogens is 323 g/mol. The van der Waals surface area contributed by atoms with Crippen LogP contribution in [-0.4, -0.2) is 31.3 Å². The van der Waals surface area contributed by atoms with Crippen LogP contribution in [0, 0.1) is 4.91 Å². The largest absolute Gasteiger partial charge is 0.477 e. The Bertz CT molecular complexity index is 359. The highest BCUT2D eigenvalue weighted by Crippen LogP contribution is 2.60. The van der Waals surface area contributed by atoms with Crippen molar-refractivity contribution < 1.29 is 44.5 Å². The minimum atomic E-state index is -6.31. The van der Waals surface area contributed by atoms with Gasteiger partial charge in [0.2, 0.25) is 0 Å². The van der Waals surface area contributed by atoms with Gasteiger partial charge >= 0.3 is 25.9 Å². The van der Waals surface area contributed by atoms with E-state index in [1.165, 1.54) is 0 Å². The Balaban J connectivity index is 5.80. The molecule has 0 aliphatic carbocycles. The van der Waals surface area contributed by atoms with Gasteiger partial charge in [-0.3, -0.25) is 9.05 Å². The zero-order valence-electron chi connectivity index (χ0n) is 10.1. The van der Waals surface area contributed by atoms with Crippen LogP contribution in [0.25, 0.3) is 0 Å². The number of phosphoric acid groups is 1. The standard InChI is InChI=1S/C7H10F6NO5P/c1-3-17-20(16,18-4-2)19-5(14-15,6(8,9)10)7(11,12)13/h3-4H2,1-2H3. The predicted molar refractivity (Wildman–Crippen MR) is 52.6 cm³/mol. The predicted octanol–water partition coefficient (Wildman–Crippen LogP) is 3.77. The molecule has 0 amide bonds. The monoisotopic (exact) mass is 333 g/mol. The van der Waals surface area contributed by atoms with Gasteiger partial charge in [0.25, 0.3) is 0 Å². The van der Waals surface area contributed by atoms with Gasteiger partial charge in [0.1, 0.15) is 0 Å². The third-order valence-electron chi connectivity index (χ3n) is 1.72. The maximum atomic E-state index is 12.5. The number of alkyl halides is 6. The summed E-state index contributed by atoms with van der Waals surface area (Å²) in [6.07, 6.45) is -12.6. The van der Waals surface area contributed by atoms with E-state index in [0.717, 1.165) is 19.0 Å². The summed E-state index contributed by atoms with van der Waals surface area (Å²) in [6, 6.07) is 0. The zero-order chi connectivity index (χ0) is 16.2. The smallest absolute Gasteiger partial charge is 0.287 e. The van der Waals surface area contributed by atoms with Gasteiger partial charge in [-0.1, -0.05) is 0 Å². The van der Waals surface area contributed by atoms with E-state index in [9.17, 15) is 35.8 Å². The highest BCUT2D eigenvalue weighted by Gasteiger charge is 2.78. The molecule has 13 heteroatoms. The molecule has 0 rings (SSSR count). The lowest BCUT2D eigenvalue weighted by Gasteiger charge is -2.32. The Kier molecular flexibility index (Phi) is 6.15. The minimum absolute atomic E-state index is 0.581. The maximum Gasteiger partial charge on any atom is 0.477 e. The van der Waals surface area contributed by atoms with E-state index in [-0.39, 0.29) is 0 Å². The molecular formula is C7H10F6NO5P. The van der Waals surface area contributed by atoms with Crippen LogP contribution in [-0.2, 0) is 18.1 Å². The SMILES string of the molecule is CCOP(=O)(OCC)OC(N=O)(C(F)(F)F)C(F)(F)F. The topological polar surface area (TPSA) is 74.2 Å². The third kappa shape index (κ3) is 3.90. The van der Waals surface area contributed by atoms with Crippen LogP contribution in [0.3, 0.4) is 0 Å². The van der Waals surface area contributed by atoms with E-state index in [4.69, 9.17) is 0 Å². The number of nitrogens with zero attached hydrogens (tertiary/aromatic N) is 1. The number of hydrogen-bond donors (Lipinski definition) is 0. The first kappa shape index (κ1) is 19.3. The highest BCUT2D eigenvalue weighted by atomic mass is 31.2. The van der Waals surface area contributed by atoms with Crippen LogP contribution in [0.15, 0.2) is 5.18 Å². The van der Waals surface area contributed by atoms with E-state index in [0.29, 0.717) is 0 Å². The van der Waals surface area contributed by atoms with E-state index < -0.39 is 39.1 Å². The van der Waals surface area contributed by atoms with E-state index in [2.05, 4.69) is 13.6 Å². The molecule has 120 valence electrons. The third-order valence-corrected chi connectivity index (χ3v) is 3.35. The van der Waals surface area contributed by atoms with Gasteiger partial charge in [0.15, 0.2) is 0 Å². The summed E-state index contributed by atoms with van der Waals surface area (Å²) < 4.78 is 98.3. The highest BCUT2D eigenvalue weighted by molar-refractivity contribution is 7.48. The second kappa shape index (κ2) is 6.37. The molecule has 0 saturated heterocycles. The summed E-state index contributed by atoms with van der Waals surface area (Å²) in [5.41, 5.74) is -5.54. The van der Waals surface area contributed by atoms with Crippen molar-refractivity contribution in [2.24, 2.45) is 5.18 Å². The summed E-state index contributed by atoms with van der Waals surface area (Å²) in [5.74, 6) is 0. The van der Waals surface area contributed by atoms with Gasteiger partial charge in [-0.15, -0.1) is 4.91 Å². The van der Waals surface area contributed by atoms with Crippen molar-refractivity contribution in [3.05, 3.63) is 4.91 Å². The number of hydrogen-bond acceptors (Lipinski definition) is 6. The van der Waals surface area contributed by atoms with Gasteiger partial charge in [-0.05, 0) is 19.0 Å². The average molecular weight is 333 g/mol. The van der Waals surface area contributed by atoms with Gasteiger partial charge in [0.05, 0.1) is 13.2 Å². The lowest BCUT2D eigenvalue weighted by molar-refractivity contribution is -0.358. The average Bonchev–Trinajstić information content (AvgIpc) is 2.23. The van der Waals surface area contributed by atoms with Crippen molar-refractivity contribution in [2.45, 2.75) is 31.9 Å². The first-order valence-corrected chi connectivity index (χ1v) is 6.43. The quantitative estimate of drug-likeness (QED) is 0.403. The second-order valence-electron chi connectivity index (χ2n) is 3.10. The molecule has 0 radical (unpaired) electrons. The molecule has 0 fully saturated rings. The fourth-order valence-corrected chi connectivity index (χ4v) is 2.33. The number of rotatable bonds is 7. The molecule has 0 N–H and O–H groups in total. The van der Waals surface area contributed by atoms with Crippen LogP contribution < -0.4 is 0 Å².